The van der Waals surface area contributed by atoms with Crippen LogP contribution in [0.4, 0.5) is 5.69 Å². The zero-order valence-electron chi connectivity index (χ0n) is 12.7. The van der Waals surface area contributed by atoms with Gasteiger partial charge in [0.1, 0.15) is 5.75 Å². The lowest BCUT2D eigenvalue weighted by atomic mass is 10.0. The predicted molar refractivity (Wildman–Crippen MR) is 85.4 cm³/mol. The monoisotopic (exact) mass is 325 g/mol. The van der Waals surface area contributed by atoms with Crippen molar-refractivity contribution in [2.45, 2.75) is 13.3 Å². The number of benzene rings is 1. The Morgan fingerprint density at radius 1 is 1.41 bits per heavy atom. The topological polar surface area (TPSA) is 79.5 Å². The Hall–Kier alpha value is -1.79. The predicted octanol–water partition coefficient (Wildman–Crippen LogP) is 1.32. The molecule has 0 saturated carbocycles. The lowest BCUT2D eigenvalue weighted by Gasteiger charge is -2.25. The fraction of sp³-hybridized carbons (Fsp3) is 0.467. The van der Waals surface area contributed by atoms with Crippen molar-refractivity contribution in [1.29, 1.82) is 0 Å². The highest BCUT2D eigenvalue weighted by atomic mass is 35.5. The largest absolute Gasteiger partial charge is 0.495 e. The number of hydrogen-bond donors (Lipinski definition) is 3. The smallest absolute Gasteiger partial charge is 0.226 e. The molecule has 0 aliphatic carbocycles. The van der Waals surface area contributed by atoms with Crippen molar-refractivity contribution in [2.75, 3.05) is 32.1 Å². The summed E-state index contributed by atoms with van der Waals surface area (Å²) in [4.78, 5) is 23.6. The van der Waals surface area contributed by atoms with Crippen molar-refractivity contribution < 1.29 is 14.3 Å². The van der Waals surface area contributed by atoms with Crippen molar-refractivity contribution in [3.63, 3.8) is 0 Å². The first-order valence-electron chi connectivity index (χ1n) is 7.13. The molecule has 22 heavy (non-hydrogen) atoms. The third kappa shape index (κ3) is 4.11. The molecule has 0 atom stereocenters. The summed E-state index contributed by atoms with van der Waals surface area (Å²) in [5.41, 5.74) is 1.42. The van der Waals surface area contributed by atoms with E-state index in [0.29, 0.717) is 36.1 Å². The van der Waals surface area contributed by atoms with Crippen LogP contribution in [-0.2, 0) is 9.59 Å². The van der Waals surface area contributed by atoms with Crippen LogP contribution in [0.3, 0.4) is 0 Å². The van der Waals surface area contributed by atoms with Crippen molar-refractivity contribution in [3.8, 4) is 5.75 Å². The Kier molecular flexibility index (Phi) is 5.63. The molecule has 0 radical (unpaired) electrons. The number of rotatable bonds is 6. The first kappa shape index (κ1) is 16.6. The van der Waals surface area contributed by atoms with E-state index in [-0.39, 0.29) is 24.2 Å². The van der Waals surface area contributed by atoms with Gasteiger partial charge < -0.3 is 20.7 Å². The number of carbonyl (C=O) groups is 2. The van der Waals surface area contributed by atoms with Crippen LogP contribution >= 0.6 is 11.6 Å². The van der Waals surface area contributed by atoms with Crippen LogP contribution in [0, 0.1) is 12.8 Å². The summed E-state index contributed by atoms with van der Waals surface area (Å²) in [6.45, 7) is 3.58. The summed E-state index contributed by atoms with van der Waals surface area (Å²) in [5.74, 6) is 0.342. The molecule has 1 fully saturated rings. The first-order chi connectivity index (χ1) is 10.5. The lowest BCUT2D eigenvalue weighted by Crippen LogP contribution is -2.51. The number of hydrogen-bond acceptors (Lipinski definition) is 4. The molecule has 120 valence electrons. The van der Waals surface area contributed by atoms with Gasteiger partial charge in [0.05, 0.1) is 18.7 Å². The van der Waals surface area contributed by atoms with E-state index >= 15 is 0 Å². The van der Waals surface area contributed by atoms with Gasteiger partial charge in [0, 0.05) is 37.1 Å². The number of amides is 2. The molecule has 2 amide bonds. The van der Waals surface area contributed by atoms with Gasteiger partial charge in [0.15, 0.2) is 0 Å². The van der Waals surface area contributed by atoms with E-state index in [1.165, 1.54) is 7.11 Å². The fourth-order valence-corrected chi connectivity index (χ4v) is 2.21. The van der Waals surface area contributed by atoms with Crippen LogP contribution in [0.15, 0.2) is 12.1 Å². The summed E-state index contributed by atoms with van der Waals surface area (Å²) in [6, 6.07) is 3.43. The quantitative estimate of drug-likeness (QED) is 0.737. The highest BCUT2D eigenvalue weighted by molar-refractivity contribution is 6.31. The second-order valence-corrected chi connectivity index (χ2v) is 5.65. The Bertz CT molecular complexity index is 573. The van der Waals surface area contributed by atoms with Gasteiger partial charge in [-0.1, -0.05) is 11.6 Å². The highest BCUT2D eigenvalue weighted by Crippen LogP contribution is 2.30. The van der Waals surface area contributed by atoms with Crippen LogP contribution in [0.1, 0.15) is 12.0 Å². The highest BCUT2D eigenvalue weighted by Gasteiger charge is 2.24. The molecule has 1 aliphatic heterocycles. The van der Waals surface area contributed by atoms with Gasteiger partial charge in [-0.15, -0.1) is 0 Å². The molecule has 1 aliphatic rings. The maximum Gasteiger partial charge on any atom is 0.226 e. The normalized spacial score (nSPS) is 14.1. The average molecular weight is 326 g/mol. The van der Waals surface area contributed by atoms with Crippen molar-refractivity contribution >= 4 is 29.1 Å². The van der Waals surface area contributed by atoms with Gasteiger partial charge in [-0.2, -0.15) is 0 Å². The molecule has 0 unspecified atom stereocenters. The van der Waals surface area contributed by atoms with E-state index in [2.05, 4.69) is 16.0 Å². The van der Waals surface area contributed by atoms with Crippen molar-refractivity contribution in [3.05, 3.63) is 22.7 Å². The number of anilines is 1. The zero-order valence-corrected chi connectivity index (χ0v) is 13.4. The molecule has 7 heteroatoms. The molecular weight excluding hydrogens is 306 g/mol. The molecule has 1 aromatic rings. The molecule has 0 spiro atoms. The van der Waals surface area contributed by atoms with Gasteiger partial charge in [-0.25, -0.2) is 0 Å². The summed E-state index contributed by atoms with van der Waals surface area (Å²) in [5, 5.41) is 9.14. The number of halogens is 1. The molecule has 1 saturated heterocycles. The minimum atomic E-state index is -0.188. The van der Waals surface area contributed by atoms with E-state index < -0.39 is 0 Å². The molecule has 0 bridgehead atoms. The van der Waals surface area contributed by atoms with Crippen LogP contribution < -0.4 is 20.7 Å². The molecule has 3 N–H and O–H groups in total. The van der Waals surface area contributed by atoms with Gasteiger partial charge in [-0.3, -0.25) is 9.59 Å². The number of aryl methyl sites for hydroxylation is 1. The lowest BCUT2D eigenvalue weighted by molar-refractivity contribution is -0.126. The number of nitrogens with one attached hydrogen (secondary N) is 3. The van der Waals surface area contributed by atoms with Gasteiger partial charge in [0.2, 0.25) is 11.8 Å². The van der Waals surface area contributed by atoms with Gasteiger partial charge >= 0.3 is 0 Å². The van der Waals surface area contributed by atoms with E-state index in [9.17, 15) is 9.59 Å². The maximum absolute atomic E-state index is 11.9. The first-order valence-corrected chi connectivity index (χ1v) is 7.51. The van der Waals surface area contributed by atoms with Crippen LogP contribution in [0.2, 0.25) is 5.02 Å². The Labute approximate surface area is 134 Å². The summed E-state index contributed by atoms with van der Waals surface area (Å²) >= 11 is 6.02. The zero-order chi connectivity index (χ0) is 16.1. The third-order valence-corrected chi connectivity index (χ3v) is 3.97. The Balaban J connectivity index is 1.83. The van der Waals surface area contributed by atoms with E-state index in [1.807, 2.05) is 6.92 Å². The second-order valence-electron chi connectivity index (χ2n) is 5.25. The van der Waals surface area contributed by atoms with Crippen LogP contribution in [-0.4, -0.2) is 38.6 Å². The summed E-state index contributed by atoms with van der Waals surface area (Å²) in [6.07, 6.45) is 0.205. The van der Waals surface area contributed by atoms with E-state index in [0.717, 1.165) is 5.56 Å². The molecule has 0 aromatic heterocycles. The average Bonchev–Trinajstić information content (AvgIpc) is 2.40. The van der Waals surface area contributed by atoms with E-state index in [4.69, 9.17) is 16.3 Å². The SMILES string of the molecule is COc1cc(Cl)c(C)cc1NC(=O)CCNC(=O)C1CNC1. The fourth-order valence-electron chi connectivity index (χ4n) is 2.06. The number of carbonyl (C=O) groups excluding carboxylic acids is 2. The standard InChI is InChI=1S/C15H20ClN3O3/c1-9-5-12(13(22-2)6-11(9)16)19-14(20)3-4-18-15(21)10-7-17-8-10/h5-6,10,17H,3-4,7-8H2,1-2H3,(H,18,21)(H,19,20). The molecule has 1 aromatic carbocycles. The summed E-state index contributed by atoms with van der Waals surface area (Å²) in [7, 11) is 1.52. The van der Waals surface area contributed by atoms with Gasteiger partial charge in [-0.05, 0) is 18.6 Å². The number of methoxy groups -OCH3 is 1. The van der Waals surface area contributed by atoms with Gasteiger partial charge in [0.25, 0.3) is 0 Å². The molecular formula is C15H20ClN3O3. The van der Waals surface area contributed by atoms with Crippen LogP contribution in [0.5, 0.6) is 5.75 Å². The Morgan fingerprint density at radius 3 is 2.73 bits per heavy atom. The maximum atomic E-state index is 11.9. The molecule has 6 nitrogen and oxygen atoms in total. The van der Waals surface area contributed by atoms with E-state index in [1.54, 1.807) is 12.1 Å². The minimum absolute atomic E-state index is 0.00790. The summed E-state index contributed by atoms with van der Waals surface area (Å²) < 4.78 is 5.20. The van der Waals surface area contributed by atoms with Crippen molar-refractivity contribution in [1.82, 2.24) is 10.6 Å². The number of ether oxygens (including phenoxy) is 1. The Morgan fingerprint density at radius 2 is 2.14 bits per heavy atom. The van der Waals surface area contributed by atoms with Crippen molar-refractivity contribution in [2.24, 2.45) is 5.92 Å². The molecule has 1 heterocycles. The minimum Gasteiger partial charge on any atom is -0.495 e. The molecule has 2 rings (SSSR count). The van der Waals surface area contributed by atoms with Crippen LogP contribution in [0.25, 0.3) is 0 Å². The second kappa shape index (κ2) is 7.47. The third-order valence-electron chi connectivity index (χ3n) is 3.56.